The number of fused-ring (bicyclic) bond motifs is 2. The van der Waals surface area contributed by atoms with Gasteiger partial charge in [0, 0.05) is 20.0 Å². The molecule has 8 heteroatoms. The van der Waals surface area contributed by atoms with Crippen molar-refractivity contribution in [1.29, 1.82) is 0 Å². The summed E-state index contributed by atoms with van der Waals surface area (Å²) in [5.74, 6) is 0.178. The molecular formula is C21H22N4O3S. The first-order valence-electron chi connectivity index (χ1n) is 9.66. The number of aryl methyl sites for hydroxylation is 2. The van der Waals surface area contributed by atoms with Gasteiger partial charge in [-0.2, -0.15) is 0 Å². The summed E-state index contributed by atoms with van der Waals surface area (Å²) in [6.45, 7) is 2.46. The van der Waals surface area contributed by atoms with Crippen LogP contribution in [-0.2, 0) is 13.0 Å². The molecule has 2 aromatic heterocycles. The van der Waals surface area contributed by atoms with Crippen LogP contribution >= 0.6 is 11.3 Å². The van der Waals surface area contributed by atoms with E-state index in [1.807, 2.05) is 0 Å². The lowest BCUT2D eigenvalue weighted by molar-refractivity contribution is 0.0964. The minimum atomic E-state index is -0.346. The van der Waals surface area contributed by atoms with Gasteiger partial charge in [-0.3, -0.25) is 19.0 Å². The number of carbonyl (C=O) groups excluding carboxylic acids is 2. The van der Waals surface area contributed by atoms with E-state index in [4.69, 9.17) is 4.98 Å². The maximum atomic E-state index is 13.1. The summed E-state index contributed by atoms with van der Waals surface area (Å²) in [6, 6.07) is 6.82. The molecule has 4 rings (SSSR count). The zero-order chi connectivity index (χ0) is 20.5. The predicted octanol–water partition coefficient (Wildman–Crippen LogP) is 3.10. The van der Waals surface area contributed by atoms with Crippen molar-refractivity contribution in [2.24, 2.45) is 0 Å². The molecule has 0 bridgehead atoms. The third kappa shape index (κ3) is 3.44. The van der Waals surface area contributed by atoms with E-state index < -0.39 is 0 Å². The molecule has 1 aromatic carbocycles. The highest BCUT2D eigenvalue weighted by molar-refractivity contribution is 7.20. The third-order valence-corrected chi connectivity index (χ3v) is 6.45. The van der Waals surface area contributed by atoms with Crippen molar-refractivity contribution >= 4 is 39.1 Å². The summed E-state index contributed by atoms with van der Waals surface area (Å²) in [6.07, 6.45) is 3.86. The first-order valence-corrected chi connectivity index (χ1v) is 10.5. The average molecular weight is 410 g/mol. The van der Waals surface area contributed by atoms with Gasteiger partial charge >= 0.3 is 0 Å². The van der Waals surface area contributed by atoms with Crippen LogP contribution in [0.2, 0.25) is 0 Å². The fourth-order valence-corrected chi connectivity index (χ4v) is 4.82. The van der Waals surface area contributed by atoms with Crippen molar-refractivity contribution in [3.05, 3.63) is 56.4 Å². The predicted molar refractivity (Wildman–Crippen MR) is 114 cm³/mol. The first-order chi connectivity index (χ1) is 14.0. The largest absolute Gasteiger partial charge is 0.355 e. The van der Waals surface area contributed by atoms with Crippen molar-refractivity contribution in [1.82, 2.24) is 14.9 Å². The number of thiophene rings is 1. The van der Waals surface area contributed by atoms with Crippen LogP contribution in [-0.4, -0.2) is 28.4 Å². The lowest BCUT2D eigenvalue weighted by Crippen LogP contribution is -2.24. The molecule has 0 radical (unpaired) electrons. The van der Waals surface area contributed by atoms with Crippen molar-refractivity contribution in [3.63, 3.8) is 0 Å². The van der Waals surface area contributed by atoms with Crippen molar-refractivity contribution in [2.45, 2.75) is 39.2 Å². The fraction of sp³-hybridized carbons (Fsp3) is 0.333. The van der Waals surface area contributed by atoms with E-state index in [0.717, 1.165) is 31.5 Å². The molecule has 0 atom stereocenters. The monoisotopic (exact) mass is 410 g/mol. The highest BCUT2D eigenvalue weighted by Gasteiger charge is 2.23. The van der Waals surface area contributed by atoms with Gasteiger partial charge in [0.05, 0.1) is 21.5 Å². The van der Waals surface area contributed by atoms with Crippen molar-refractivity contribution < 1.29 is 9.59 Å². The fourth-order valence-electron chi connectivity index (χ4n) is 3.73. The summed E-state index contributed by atoms with van der Waals surface area (Å²) >= 11 is 1.23. The molecule has 0 saturated heterocycles. The van der Waals surface area contributed by atoms with E-state index in [1.54, 1.807) is 42.8 Å². The molecule has 3 heterocycles. The van der Waals surface area contributed by atoms with Gasteiger partial charge in [0.15, 0.2) is 0 Å². The van der Waals surface area contributed by atoms with Crippen molar-refractivity contribution in [3.8, 4) is 0 Å². The third-order valence-electron chi connectivity index (χ3n) is 5.26. The van der Waals surface area contributed by atoms with Crippen molar-refractivity contribution in [2.75, 3.05) is 12.4 Å². The van der Waals surface area contributed by atoms with E-state index in [0.29, 0.717) is 38.5 Å². The lowest BCUT2D eigenvalue weighted by Gasteiger charge is -2.09. The number of rotatable bonds is 3. The Morgan fingerprint density at radius 1 is 1.14 bits per heavy atom. The van der Waals surface area contributed by atoms with E-state index >= 15 is 0 Å². The summed E-state index contributed by atoms with van der Waals surface area (Å²) in [5, 5.41) is 5.91. The van der Waals surface area contributed by atoms with Gasteiger partial charge in [-0.25, -0.2) is 4.98 Å². The van der Waals surface area contributed by atoms with Gasteiger partial charge in [0.1, 0.15) is 10.7 Å². The number of nitrogens with one attached hydrogen (secondary N) is 2. The maximum absolute atomic E-state index is 13.1. The number of aromatic nitrogens is 2. The molecule has 150 valence electrons. The maximum Gasteiger partial charge on any atom is 0.266 e. The normalized spacial score (nSPS) is 13.6. The molecule has 0 fully saturated rings. The van der Waals surface area contributed by atoms with E-state index in [1.165, 1.54) is 11.3 Å². The van der Waals surface area contributed by atoms with Gasteiger partial charge in [-0.05, 0) is 37.5 Å². The number of hydrogen-bond acceptors (Lipinski definition) is 5. The van der Waals surface area contributed by atoms with Crippen LogP contribution < -0.4 is 16.2 Å². The van der Waals surface area contributed by atoms with Gasteiger partial charge in [0.2, 0.25) is 0 Å². The van der Waals surface area contributed by atoms with Gasteiger partial charge in [-0.15, -0.1) is 11.3 Å². The Labute approximate surface area is 171 Å². The van der Waals surface area contributed by atoms with Gasteiger partial charge < -0.3 is 10.6 Å². The molecule has 2 amide bonds. The molecule has 0 saturated carbocycles. The SMILES string of the molecule is CNC(=O)c1ccccc1NC(=O)c1sc2nc3n(c(=O)c2c1C)CCCCC3. The molecule has 0 unspecified atom stereocenters. The Morgan fingerprint density at radius 3 is 2.72 bits per heavy atom. The Balaban J connectivity index is 1.75. The number of anilines is 1. The summed E-state index contributed by atoms with van der Waals surface area (Å²) in [4.78, 5) is 43.9. The number of hydrogen-bond donors (Lipinski definition) is 2. The highest BCUT2D eigenvalue weighted by atomic mass is 32.1. The minimum Gasteiger partial charge on any atom is -0.355 e. The lowest BCUT2D eigenvalue weighted by atomic mass is 10.1. The smallest absolute Gasteiger partial charge is 0.266 e. The molecule has 1 aliphatic rings. The van der Waals surface area contributed by atoms with Gasteiger partial charge in [0.25, 0.3) is 17.4 Å². The molecule has 7 nitrogen and oxygen atoms in total. The van der Waals surface area contributed by atoms with Crippen LogP contribution in [0.15, 0.2) is 29.1 Å². The zero-order valence-corrected chi connectivity index (χ0v) is 17.2. The standard InChI is InChI=1S/C21H22N4O3S/c1-12-16-20(24-15-10-4-3-7-11-25(15)21(16)28)29-17(12)19(27)23-14-9-6-5-8-13(14)18(26)22-2/h5-6,8-9H,3-4,7,10-11H2,1-2H3,(H,22,26)(H,23,27). The van der Waals surface area contributed by atoms with Crippen LogP contribution in [0.25, 0.3) is 10.2 Å². The molecule has 0 aliphatic carbocycles. The number of amides is 2. The second-order valence-corrected chi connectivity index (χ2v) is 8.11. The Kier molecular flexibility index (Phi) is 5.19. The Hall–Kier alpha value is -3.00. The molecule has 0 spiro atoms. The van der Waals surface area contributed by atoms with Crippen LogP contribution in [0.3, 0.4) is 0 Å². The molecule has 29 heavy (non-hydrogen) atoms. The summed E-state index contributed by atoms with van der Waals surface area (Å²) < 4.78 is 1.76. The molecule has 1 aliphatic heterocycles. The van der Waals surface area contributed by atoms with E-state index in [9.17, 15) is 14.4 Å². The number of carbonyl (C=O) groups is 2. The second kappa shape index (κ2) is 7.79. The number of nitrogens with zero attached hydrogens (tertiary/aromatic N) is 2. The quantitative estimate of drug-likeness (QED) is 0.694. The highest BCUT2D eigenvalue weighted by Crippen LogP contribution is 2.29. The Morgan fingerprint density at radius 2 is 1.93 bits per heavy atom. The van der Waals surface area contributed by atoms with Crippen LogP contribution in [0.5, 0.6) is 0 Å². The summed E-state index contributed by atoms with van der Waals surface area (Å²) in [5.41, 5.74) is 1.38. The van der Waals surface area contributed by atoms with Crippen LogP contribution in [0, 0.1) is 6.92 Å². The molecule has 2 N–H and O–H groups in total. The molecular weight excluding hydrogens is 388 g/mol. The summed E-state index contributed by atoms with van der Waals surface area (Å²) in [7, 11) is 1.54. The first kappa shape index (κ1) is 19.3. The number of para-hydroxylation sites is 1. The average Bonchev–Trinajstić information content (AvgIpc) is 2.89. The second-order valence-electron chi connectivity index (χ2n) is 7.11. The van der Waals surface area contributed by atoms with Gasteiger partial charge in [-0.1, -0.05) is 18.6 Å². The zero-order valence-electron chi connectivity index (χ0n) is 16.4. The van der Waals surface area contributed by atoms with E-state index in [-0.39, 0.29) is 17.4 Å². The topological polar surface area (TPSA) is 93.1 Å². The van der Waals surface area contributed by atoms with E-state index in [2.05, 4.69) is 10.6 Å². The minimum absolute atomic E-state index is 0.0644. The van der Waals surface area contributed by atoms with Crippen LogP contribution in [0.1, 0.15) is 50.7 Å². The van der Waals surface area contributed by atoms with Crippen LogP contribution in [0.4, 0.5) is 5.69 Å². The molecule has 3 aromatic rings. The Bertz CT molecular complexity index is 1180. The number of benzene rings is 1.